The Morgan fingerprint density at radius 1 is 1.64 bits per heavy atom. The van der Waals surface area contributed by atoms with Crippen LogP contribution in [-0.4, -0.2) is 30.5 Å². The number of rotatable bonds is 4. The molecule has 0 spiro atoms. The summed E-state index contributed by atoms with van der Waals surface area (Å²) in [5.41, 5.74) is 0. The van der Waals surface area contributed by atoms with E-state index in [9.17, 15) is 4.79 Å². The van der Waals surface area contributed by atoms with E-state index in [0.717, 1.165) is 0 Å². The van der Waals surface area contributed by atoms with Crippen molar-refractivity contribution in [3.63, 3.8) is 0 Å². The maximum Gasteiger partial charge on any atom is 0.407 e. The fraction of sp³-hybridized carbons (Fsp3) is 0.857. The first-order valence-corrected chi connectivity index (χ1v) is 3.78. The molecule has 0 saturated carbocycles. The normalized spacial score (nSPS) is 12.3. The summed E-state index contributed by atoms with van der Waals surface area (Å²) >= 11 is 0. The smallest absolute Gasteiger partial charge is 0.407 e. The number of carbonyl (C=O) groups excluding carboxylic acids is 1. The van der Waals surface area contributed by atoms with Gasteiger partial charge in [0.15, 0.2) is 0 Å². The molecule has 0 heterocycles. The summed E-state index contributed by atoms with van der Waals surface area (Å²) in [6.45, 7) is 3.93. The van der Waals surface area contributed by atoms with Gasteiger partial charge >= 0.3 is 6.09 Å². The topological polar surface area (TPSA) is 58.6 Å². The first-order valence-electron chi connectivity index (χ1n) is 3.78. The van der Waals surface area contributed by atoms with Crippen LogP contribution in [0.25, 0.3) is 0 Å². The minimum absolute atomic E-state index is 0.0463. The molecule has 4 nitrogen and oxygen atoms in total. The maximum atomic E-state index is 10.7. The average molecular weight is 161 g/mol. The van der Waals surface area contributed by atoms with Gasteiger partial charge in [0.1, 0.15) is 0 Å². The molecule has 0 aromatic carbocycles. The molecule has 0 bridgehead atoms. The van der Waals surface area contributed by atoms with Gasteiger partial charge in [0.2, 0.25) is 0 Å². The van der Waals surface area contributed by atoms with E-state index < -0.39 is 6.09 Å². The van der Waals surface area contributed by atoms with Crippen LogP contribution in [0, 0.1) is 0 Å². The second-order valence-corrected chi connectivity index (χ2v) is 2.15. The van der Waals surface area contributed by atoms with Crippen LogP contribution in [0.5, 0.6) is 0 Å². The molecule has 66 valence electrons. The van der Waals surface area contributed by atoms with Gasteiger partial charge < -0.3 is 15.2 Å². The van der Waals surface area contributed by atoms with Crippen molar-refractivity contribution in [1.29, 1.82) is 0 Å². The lowest BCUT2D eigenvalue weighted by Gasteiger charge is -2.12. The lowest BCUT2D eigenvalue weighted by Crippen LogP contribution is -2.37. The number of hydrogen-bond donors (Lipinski definition) is 2. The number of hydrogen-bond acceptors (Lipinski definition) is 3. The van der Waals surface area contributed by atoms with Crippen molar-refractivity contribution in [2.75, 3.05) is 13.2 Å². The van der Waals surface area contributed by atoms with Crippen molar-refractivity contribution in [2.24, 2.45) is 0 Å². The van der Waals surface area contributed by atoms with E-state index >= 15 is 0 Å². The first kappa shape index (κ1) is 10.2. The van der Waals surface area contributed by atoms with Gasteiger partial charge in [-0.15, -0.1) is 0 Å². The molecule has 0 aliphatic carbocycles. The number of ether oxygens (including phenoxy) is 1. The van der Waals surface area contributed by atoms with Gasteiger partial charge in [0.05, 0.1) is 19.3 Å². The van der Waals surface area contributed by atoms with Gasteiger partial charge in [0.25, 0.3) is 0 Å². The molecule has 2 N–H and O–H groups in total. The Morgan fingerprint density at radius 2 is 2.27 bits per heavy atom. The van der Waals surface area contributed by atoms with Crippen LogP contribution in [0.4, 0.5) is 4.79 Å². The minimum Gasteiger partial charge on any atom is -0.450 e. The van der Waals surface area contributed by atoms with Gasteiger partial charge in [0, 0.05) is 0 Å². The molecular weight excluding hydrogens is 146 g/mol. The number of amides is 1. The Labute approximate surface area is 66.5 Å². The van der Waals surface area contributed by atoms with E-state index in [-0.39, 0.29) is 12.6 Å². The summed E-state index contributed by atoms with van der Waals surface area (Å²) < 4.78 is 4.61. The van der Waals surface area contributed by atoms with E-state index in [4.69, 9.17) is 5.11 Å². The van der Waals surface area contributed by atoms with Crippen LogP contribution in [-0.2, 0) is 4.74 Å². The highest BCUT2D eigenvalue weighted by molar-refractivity contribution is 5.67. The lowest BCUT2D eigenvalue weighted by molar-refractivity contribution is 0.140. The summed E-state index contributed by atoms with van der Waals surface area (Å²) in [5.74, 6) is 0. The predicted octanol–water partition coefficient (Wildman–Crippen LogP) is 0.503. The standard InChI is InChI=1S/C7H15NO3/c1-3-6(5-9)8-7(10)11-4-2/h6,9H,3-5H2,1-2H3,(H,8,10). The molecule has 0 saturated heterocycles. The van der Waals surface area contributed by atoms with E-state index in [1.165, 1.54) is 0 Å². The fourth-order valence-electron chi connectivity index (χ4n) is 0.616. The summed E-state index contributed by atoms with van der Waals surface area (Å²) in [7, 11) is 0. The number of nitrogens with one attached hydrogen (secondary N) is 1. The quantitative estimate of drug-likeness (QED) is 0.631. The third kappa shape index (κ3) is 4.61. The van der Waals surface area contributed by atoms with Crippen molar-refractivity contribution in [1.82, 2.24) is 5.32 Å². The monoisotopic (exact) mass is 161 g/mol. The van der Waals surface area contributed by atoms with Gasteiger partial charge in [-0.3, -0.25) is 0 Å². The van der Waals surface area contributed by atoms with Gasteiger partial charge in [-0.1, -0.05) is 6.92 Å². The number of aliphatic hydroxyl groups is 1. The Morgan fingerprint density at radius 3 is 2.64 bits per heavy atom. The molecule has 0 rings (SSSR count). The molecule has 4 heteroatoms. The molecule has 0 aliphatic rings. The molecule has 1 unspecified atom stereocenters. The van der Waals surface area contributed by atoms with E-state index in [1.54, 1.807) is 6.92 Å². The van der Waals surface area contributed by atoms with Crippen LogP contribution in [0.2, 0.25) is 0 Å². The van der Waals surface area contributed by atoms with Crippen LogP contribution in [0.3, 0.4) is 0 Å². The zero-order valence-electron chi connectivity index (χ0n) is 6.96. The second-order valence-electron chi connectivity index (χ2n) is 2.15. The zero-order valence-corrected chi connectivity index (χ0v) is 6.96. The van der Waals surface area contributed by atoms with Gasteiger partial charge in [-0.05, 0) is 13.3 Å². The highest BCUT2D eigenvalue weighted by Crippen LogP contribution is 1.89. The Bertz CT molecular complexity index is 112. The van der Waals surface area contributed by atoms with Crippen LogP contribution in [0.1, 0.15) is 20.3 Å². The van der Waals surface area contributed by atoms with Gasteiger partial charge in [-0.2, -0.15) is 0 Å². The van der Waals surface area contributed by atoms with Crippen LogP contribution >= 0.6 is 0 Å². The van der Waals surface area contributed by atoms with Crippen molar-refractivity contribution in [3.8, 4) is 0 Å². The molecular formula is C7H15NO3. The Kier molecular flexibility index (Phi) is 5.56. The third-order valence-electron chi connectivity index (χ3n) is 1.31. The first-order chi connectivity index (χ1) is 5.24. The van der Waals surface area contributed by atoms with E-state index in [2.05, 4.69) is 10.1 Å². The lowest BCUT2D eigenvalue weighted by atomic mass is 10.2. The van der Waals surface area contributed by atoms with Crippen molar-refractivity contribution >= 4 is 6.09 Å². The van der Waals surface area contributed by atoms with Crippen LogP contribution in [0.15, 0.2) is 0 Å². The second kappa shape index (κ2) is 5.97. The molecule has 1 amide bonds. The molecule has 0 aliphatic heterocycles. The zero-order chi connectivity index (χ0) is 8.69. The number of carbonyl (C=O) groups is 1. The Hall–Kier alpha value is -0.770. The Balaban J connectivity index is 3.54. The summed E-state index contributed by atoms with van der Waals surface area (Å²) in [6.07, 6.45) is 0.239. The molecule has 0 aromatic heterocycles. The molecule has 0 fully saturated rings. The summed E-state index contributed by atoms with van der Waals surface area (Å²) in [6, 6.07) is -0.186. The maximum absolute atomic E-state index is 10.7. The van der Waals surface area contributed by atoms with Crippen molar-refractivity contribution < 1.29 is 14.6 Å². The van der Waals surface area contributed by atoms with Gasteiger partial charge in [-0.25, -0.2) is 4.79 Å². The van der Waals surface area contributed by atoms with Crippen molar-refractivity contribution in [2.45, 2.75) is 26.3 Å². The largest absolute Gasteiger partial charge is 0.450 e. The summed E-state index contributed by atoms with van der Waals surface area (Å²) in [5, 5.41) is 11.2. The molecule has 0 aromatic rings. The molecule has 11 heavy (non-hydrogen) atoms. The third-order valence-corrected chi connectivity index (χ3v) is 1.31. The predicted molar refractivity (Wildman–Crippen MR) is 41.3 cm³/mol. The fourth-order valence-corrected chi connectivity index (χ4v) is 0.616. The summed E-state index contributed by atoms with van der Waals surface area (Å²) in [4.78, 5) is 10.7. The van der Waals surface area contributed by atoms with Crippen LogP contribution < -0.4 is 5.32 Å². The van der Waals surface area contributed by atoms with Crippen molar-refractivity contribution in [3.05, 3.63) is 0 Å². The average Bonchev–Trinajstić information content (AvgIpc) is 2.01. The molecule has 0 radical (unpaired) electrons. The van der Waals surface area contributed by atoms with E-state index in [1.807, 2.05) is 6.92 Å². The highest BCUT2D eigenvalue weighted by atomic mass is 16.5. The molecule has 1 atom stereocenters. The SMILES string of the molecule is CCOC(=O)NC(CC)CO. The highest BCUT2D eigenvalue weighted by Gasteiger charge is 2.08. The number of aliphatic hydroxyl groups excluding tert-OH is 1. The van der Waals surface area contributed by atoms with E-state index in [0.29, 0.717) is 13.0 Å². The number of alkyl carbamates (subject to hydrolysis) is 1. The minimum atomic E-state index is -0.464.